The lowest BCUT2D eigenvalue weighted by atomic mass is 10.2. The number of aryl methyl sites for hydroxylation is 2. The quantitative estimate of drug-likeness (QED) is 0.582. The van der Waals surface area contributed by atoms with E-state index in [0.717, 1.165) is 24.0 Å². The molecular weight excluding hydrogens is 269 g/mol. The lowest BCUT2D eigenvalue weighted by Gasteiger charge is -2.14. The SMILES string of the molecule is CCCc1nc(NN)c(C)c(Nc2cc(C)ccc2F)n1. The second-order valence-electron chi connectivity index (χ2n) is 4.96. The van der Waals surface area contributed by atoms with Crippen LogP contribution in [0.1, 0.15) is 30.3 Å². The van der Waals surface area contributed by atoms with Crippen molar-refractivity contribution >= 4 is 17.3 Å². The summed E-state index contributed by atoms with van der Waals surface area (Å²) in [5.74, 6) is 6.95. The van der Waals surface area contributed by atoms with Crippen LogP contribution in [0.15, 0.2) is 18.2 Å². The molecule has 0 fully saturated rings. The van der Waals surface area contributed by atoms with E-state index in [1.165, 1.54) is 6.07 Å². The predicted molar refractivity (Wildman–Crippen MR) is 83.0 cm³/mol. The van der Waals surface area contributed by atoms with Crippen molar-refractivity contribution in [2.24, 2.45) is 5.84 Å². The Labute approximate surface area is 123 Å². The van der Waals surface area contributed by atoms with Crippen molar-refractivity contribution in [3.05, 3.63) is 41.0 Å². The average molecular weight is 289 g/mol. The molecule has 1 aromatic carbocycles. The lowest BCUT2D eigenvalue weighted by Crippen LogP contribution is -2.14. The van der Waals surface area contributed by atoms with Gasteiger partial charge in [-0.05, 0) is 38.0 Å². The summed E-state index contributed by atoms with van der Waals surface area (Å²) in [4.78, 5) is 8.79. The smallest absolute Gasteiger partial charge is 0.148 e. The summed E-state index contributed by atoms with van der Waals surface area (Å²) in [6.07, 6.45) is 1.66. The molecule has 0 spiro atoms. The van der Waals surface area contributed by atoms with Crippen molar-refractivity contribution in [1.29, 1.82) is 0 Å². The van der Waals surface area contributed by atoms with Crippen LogP contribution in [-0.2, 0) is 6.42 Å². The van der Waals surface area contributed by atoms with Crippen LogP contribution < -0.4 is 16.6 Å². The number of aromatic nitrogens is 2. The predicted octanol–water partition coefficient (Wildman–Crippen LogP) is 3.21. The van der Waals surface area contributed by atoms with Gasteiger partial charge in [0.25, 0.3) is 0 Å². The summed E-state index contributed by atoms with van der Waals surface area (Å²) >= 11 is 0. The van der Waals surface area contributed by atoms with Crippen molar-refractivity contribution < 1.29 is 4.39 Å². The van der Waals surface area contributed by atoms with Gasteiger partial charge in [0.2, 0.25) is 0 Å². The standard InChI is InChI=1S/C15H20FN5/c1-4-5-13-19-14(10(3)15(20-13)21-17)18-12-8-9(2)6-7-11(12)16/h6-8H,4-5,17H2,1-3H3,(H2,18,19,20,21). The number of benzene rings is 1. The molecule has 0 saturated heterocycles. The van der Waals surface area contributed by atoms with Gasteiger partial charge in [-0.15, -0.1) is 0 Å². The Hall–Kier alpha value is -2.21. The number of nitrogens with two attached hydrogens (primary N) is 1. The summed E-state index contributed by atoms with van der Waals surface area (Å²) in [5.41, 5.74) is 4.67. The summed E-state index contributed by atoms with van der Waals surface area (Å²) < 4.78 is 13.9. The summed E-state index contributed by atoms with van der Waals surface area (Å²) in [7, 11) is 0. The third kappa shape index (κ3) is 3.46. The number of hydrogen-bond acceptors (Lipinski definition) is 5. The number of halogens is 1. The lowest BCUT2D eigenvalue weighted by molar-refractivity contribution is 0.631. The molecule has 0 unspecified atom stereocenters. The number of nitrogen functional groups attached to an aromatic ring is 1. The molecule has 0 aliphatic heterocycles. The van der Waals surface area contributed by atoms with Gasteiger partial charge in [-0.1, -0.05) is 13.0 Å². The van der Waals surface area contributed by atoms with E-state index in [2.05, 4.69) is 20.7 Å². The van der Waals surface area contributed by atoms with Crippen LogP contribution >= 0.6 is 0 Å². The first-order chi connectivity index (χ1) is 10.0. The van der Waals surface area contributed by atoms with Crippen LogP contribution in [0.2, 0.25) is 0 Å². The number of anilines is 3. The number of rotatable bonds is 5. The maximum absolute atomic E-state index is 13.9. The van der Waals surface area contributed by atoms with Crippen molar-refractivity contribution in [2.75, 3.05) is 10.7 Å². The molecule has 0 radical (unpaired) electrons. The summed E-state index contributed by atoms with van der Waals surface area (Å²) in [6, 6.07) is 4.90. The van der Waals surface area contributed by atoms with Gasteiger partial charge in [0.15, 0.2) is 0 Å². The summed E-state index contributed by atoms with van der Waals surface area (Å²) in [6.45, 7) is 5.79. The van der Waals surface area contributed by atoms with E-state index in [1.807, 2.05) is 20.8 Å². The zero-order chi connectivity index (χ0) is 15.4. The third-order valence-electron chi connectivity index (χ3n) is 3.18. The normalized spacial score (nSPS) is 10.5. The molecule has 0 amide bonds. The van der Waals surface area contributed by atoms with E-state index in [1.54, 1.807) is 12.1 Å². The number of hydrogen-bond donors (Lipinski definition) is 3. The molecule has 0 saturated carbocycles. The molecular formula is C15H20FN5. The highest BCUT2D eigenvalue weighted by molar-refractivity contribution is 5.65. The van der Waals surface area contributed by atoms with Crippen LogP contribution in [0.25, 0.3) is 0 Å². The molecule has 112 valence electrons. The first kappa shape index (κ1) is 15.2. The second kappa shape index (κ2) is 6.49. The Kier molecular flexibility index (Phi) is 4.70. The van der Waals surface area contributed by atoms with Crippen LogP contribution in [0, 0.1) is 19.7 Å². The van der Waals surface area contributed by atoms with Crippen LogP contribution in [0.3, 0.4) is 0 Å². The first-order valence-corrected chi connectivity index (χ1v) is 6.92. The molecule has 2 aromatic rings. The molecule has 0 aliphatic rings. The average Bonchev–Trinajstić information content (AvgIpc) is 2.46. The maximum Gasteiger partial charge on any atom is 0.148 e. The molecule has 0 aliphatic carbocycles. The van der Waals surface area contributed by atoms with Gasteiger partial charge in [-0.3, -0.25) is 0 Å². The van der Waals surface area contributed by atoms with Gasteiger partial charge >= 0.3 is 0 Å². The van der Waals surface area contributed by atoms with E-state index in [9.17, 15) is 4.39 Å². The van der Waals surface area contributed by atoms with Crippen LogP contribution in [0.5, 0.6) is 0 Å². The second-order valence-corrected chi connectivity index (χ2v) is 4.96. The Balaban J connectivity index is 2.42. The van der Waals surface area contributed by atoms with Crippen molar-refractivity contribution in [1.82, 2.24) is 9.97 Å². The van der Waals surface area contributed by atoms with Crippen molar-refractivity contribution in [3.63, 3.8) is 0 Å². The fourth-order valence-electron chi connectivity index (χ4n) is 2.02. The number of nitrogens with one attached hydrogen (secondary N) is 2. The highest BCUT2D eigenvalue weighted by Crippen LogP contribution is 2.25. The van der Waals surface area contributed by atoms with Gasteiger partial charge in [-0.25, -0.2) is 20.2 Å². The van der Waals surface area contributed by atoms with E-state index in [-0.39, 0.29) is 5.82 Å². The Morgan fingerprint density at radius 3 is 2.57 bits per heavy atom. The summed E-state index contributed by atoms with van der Waals surface area (Å²) in [5, 5.41) is 3.03. The maximum atomic E-state index is 13.9. The van der Waals surface area contributed by atoms with Gasteiger partial charge in [0.05, 0.1) is 5.69 Å². The molecule has 5 nitrogen and oxygen atoms in total. The fraction of sp³-hybridized carbons (Fsp3) is 0.333. The third-order valence-corrected chi connectivity index (χ3v) is 3.18. The zero-order valence-electron chi connectivity index (χ0n) is 12.5. The molecule has 1 heterocycles. The van der Waals surface area contributed by atoms with Gasteiger partial charge in [0.1, 0.15) is 23.3 Å². The molecule has 4 N–H and O–H groups in total. The minimum absolute atomic E-state index is 0.321. The van der Waals surface area contributed by atoms with Gasteiger partial charge in [0, 0.05) is 12.0 Å². The van der Waals surface area contributed by atoms with E-state index in [4.69, 9.17) is 5.84 Å². The van der Waals surface area contributed by atoms with E-state index < -0.39 is 0 Å². The monoisotopic (exact) mass is 289 g/mol. The Morgan fingerprint density at radius 2 is 1.90 bits per heavy atom. The topological polar surface area (TPSA) is 75.9 Å². The Bertz CT molecular complexity index is 642. The highest BCUT2D eigenvalue weighted by atomic mass is 19.1. The van der Waals surface area contributed by atoms with E-state index in [0.29, 0.717) is 23.1 Å². The molecule has 0 bridgehead atoms. The Morgan fingerprint density at radius 1 is 1.19 bits per heavy atom. The minimum atomic E-state index is -0.321. The molecule has 6 heteroatoms. The largest absolute Gasteiger partial charge is 0.337 e. The molecule has 1 aromatic heterocycles. The van der Waals surface area contributed by atoms with E-state index >= 15 is 0 Å². The fourth-order valence-corrected chi connectivity index (χ4v) is 2.02. The van der Waals surface area contributed by atoms with Crippen LogP contribution in [-0.4, -0.2) is 9.97 Å². The van der Waals surface area contributed by atoms with Crippen molar-refractivity contribution in [3.8, 4) is 0 Å². The highest BCUT2D eigenvalue weighted by Gasteiger charge is 2.12. The van der Waals surface area contributed by atoms with Crippen LogP contribution in [0.4, 0.5) is 21.7 Å². The zero-order valence-corrected chi connectivity index (χ0v) is 12.5. The van der Waals surface area contributed by atoms with Crippen molar-refractivity contribution in [2.45, 2.75) is 33.6 Å². The molecule has 21 heavy (non-hydrogen) atoms. The molecule has 0 atom stereocenters. The first-order valence-electron chi connectivity index (χ1n) is 6.92. The number of nitrogens with zero attached hydrogens (tertiary/aromatic N) is 2. The minimum Gasteiger partial charge on any atom is -0.337 e. The number of hydrazine groups is 1. The molecule has 2 rings (SSSR count). The van der Waals surface area contributed by atoms with Gasteiger partial charge < -0.3 is 10.7 Å². The van der Waals surface area contributed by atoms with Gasteiger partial charge in [-0.2, -0.15) is 0 Å².